The zero-order chi connectivity index (χ0) is 17.0. The van der Waals surface area contributed by atoms with Gasteiger partial charge in [0.25, 0.3) is 0 Å². The first-order valence-corrected chi connectivity index (χ1v) is 7.51. The van der Waals surface area contributed by atoms with Crippen LogP contribution in [0.4, 0.5) is 9.18 Å². The Balaban J connectivity index is 2.18. The van der Waals surface area contributed by atoms with E-state index in [4.69, 9.17) is 16.7 Å². The lowest BCUT2D eigenvalue weighted by Crippen LogP contribution is -2.41. The number of likely N-dealkylation sites (tertiary alicyclic amines) is 1. The summed E-state index contributed by atoms with van der Waals surface area (Å²) in [7, 11) is 1.27. The third kappa shape index (κ3) is 4.33. The SMILES string of the molecule is COC(=O)CN(Cc1c(F)cccc1Cl)[C@H]1CCN(C(=O)O)C1. The van der Waals surface area contributed by atoms with Crippen LogP contribution in [0.2, 0.25) is 5.02 Å². The summed E-state index contributed by atoms with van der Waals surface area (Å²) < 4.78 is 18.7. The minimum atomic E-state index is -1.01. The second-order valence-electron chi connectivity index (χ2n) is 5.35. The summed E-state index contributed by atoms with van der Waals surface area (Å²) >= 11 is 6.04. The smallest absolute Gasteiger partial charge is 0.407 e. The Morgan fingerprint density at radius 1 is 1.52 bits per heavy atom. The second kappa shape index (κ2) is 7.61. The van der Waals surface area contributed by atoms with Crippen molar-refractivity contribution in [1.29, 1.82) is 0 Å². The van der Waals surface area contributed by atoms with E-state index in [9.17, 15) is 14.0 Å². The lowest BCUT2D eigenvalue weighted by Gasteiger charge is -2.28. The predicted octanol–water partition coefficient (Wildman–Crippen LogP) is 2.21. The molecule has 1 aromatic carbocycles. The Bertz CT molecular complexity index is 579. The van der Waals surface area contributed by atoms with Gasteiger partial charge in [-0.05, 0) is 18.6 Å². The normalized spacial score (nSPS) is 17.6. The van der Waals surface area contributed by atoms with Crippen LogP contribution in [0, 0.1) is 5.82 Å². The van der Waals surface area contributed by atoms with Gasteiger partial charge < -0.3 is 14.7 Å². The van der Waals surface area contributed by atoms with Crippen LogP contribution in [-0.2, 0) is 16.1 Å². The zero-order valence-electron chi connectivity index (χ0n) is 12.7. The molecule has 0 saturated carbocycles. The van der Waals surface area contributed by atoms with E-state index in [0.29, 0.717) is 13.0 Å². The predicted molar refractivity (Wildman–Crippen MR) is 81.8 cm³/mol. The van der Waals surface area contributed by atoms with Gasteiger partial charge in [0, 0.05) is 36.3 Å². The molecule has 1 fully saturated rings. The second-order valence-corrected chi connectivity index (χ2v) is 5.76. The molecule has 1 heterocycles. The molecule has 1 atom stereocenters. The molecular weight excluding hydrogens is 327 g/mol. The maximum absolute atomic E-state index is 14.0. The van der Waals surface area contributed by atoms with Gasteiger partial charge in [0.15, 0.2) is 0 Å². The molecule has 6 nitrogen and oxygen atoms in total. The van der Waals surface area contributed by atoms with E-state index >= 15 is 0 Å². The standard InChI is InChI=1S/C15H18ClFN2O4/c1-23-14(20)9-19(10-5-6-18(7-10)15(21)22)8-11-12(16)3-2-4-13(11)17/h2-4,10H,5-9H2,1H3,(H,21,22)/t10-/m0/s1. The number of carbonyl (C=O) groups excluding carboxylic acids is 1. The maximum Gasteiger partial charge on any atom is 0.407 e. The van der Waals surface area contributed by atoms with E-state index in [1.54, 1.807) is 11.0 Å². The number of nitrogens with zero attached hydrogens (tertiary/aromatic N) is 2. The van der Waals surface area contributed by atoms with Crippen molar-refractivity contribution in [3.05, 3.63) is 34.6 Å². The summed E-state index contributed by atoms with van der Waals surface area (Å²) in [5, 5.41) is 9.32. The molecule has 1 saturated heterocycles. The average molecular weight is 345 g/mol. The molecule has 0 unspecified atom stereocenters. The van der Waals surface area contributed by atoms with Crippen LogP contribution >= 0.6 is 11.6 Å². The summed E-state index contributed by atoms with van der Waals surface area (Å²) in [6.07, 6.45) is -0.440. The van der Waals surface area contributed by atoms with Crippen molar-refractivity contribution in [3.63, 3.8) is 0 Å². The number of halogens is 2. The van der Waals surface area contributed by atoms with Crippen molar-refractivity contribution >= 4 is 23.7 Å². The van der Waals surface area contributed by atoms with Crippen molar-refractivity contribution in [3.8, 4) is 0 Å². The number of benzene rings is 1. The molecular formula is C15H18ClFN2O4. The summed E-state index contributed by atoms with van der Waals surface area (Å²) in [6, 6.07) is 4.19. The molecule has 0 aromatic heterocycles. The van der Waals surface area contributed by atoms with E-state index in [0.717, 1.165) is 0 Å². The summed E-state index contributed by atoms with van der Waals surface area (Å²) in [5.41, 5.74) is 0.284. The van der Waals surface area contributed by atoms with Crippen LogP contribution in [0.1, 0.15) is 12.0 Å². The monoisotopic (exact) mass is 344 g/mol. The van der Waals surface area contributed by atoms with Gasteiger partial charge in [0.1, 0.15) is 5.82 Å². The highest BCUT2D eigenvalue weighted by Crippen LogP contribution is 2.24. The minimum absolute atomic E-state index is 0.0563. The minimum Gasteiger partial charge on any atom is -0.468 e. The number of rotatable bonds is 5. The van der Waals surface area contributed by atoms with Gasteiger partial charge in [0.2, 0.25) is 0 Å². The fraction of sp³-hybridized carbons (Fsp3) is 0.467. The number of hydrogen-bond donors (Lipinski definition) is 1. The Morgan fingerprint density at radius 3 is 2.83 bits per heavy atom. The van der Waals surface area contributed by atoms with Crippen LogP contribution in [0.5, 0.6) is 0 Å². The highest BCUT2D eigenvalue weighted by atomic mass is 35.5. The van der Waals surface area contributed by atoms with E-state index in [1.807, 2.05) is 0 Å². The molecule has 23 heavy (non-hydrogen) atoms. The molecule has 2 rings (SSSR count). The summed E-state index contributed by atoms with van der Waals surface area (Å²) in [5.74, 6) is -0.924. The highest BCUT2D eigenvalue weighted by molar-refractivity contribution is 6.31. The van der Waals surface area contributed by atoms with Crippen molar-refractivity contribution in [2.45, 2.75) is 19.0 Å². The summed E-state index contributed by atoms with van der Waals surface area (Å²) in [6.45, 7) is 0.694. The fourth-order valence-electron chi connectivity index (χ4n) is 2.64. The highest BCUT2D eigenvalue weighted by Gasteiger charge is 2.32. The fourth-order valence-corrected chi connectivity index (χ4v) is 2.87. The number of ether oxygens (including phenoxy) is 1. The van der Waals surface area contributed by atoms with Gasteiger partial charge in [-0.1, -0.05) is 17.7 Å². The molecule has 1 aliphatic heterocycles. The molecule has 0 spiro atoms. The maximum atomic E-state index is 14.0. The molecule has 1 N–H and O–H groups in total. The van der Waals surface area contributed by atoms with E-state index in [1.165, 1.54) is 24.1 Å². The van der Waals surface area contributed by atoms with Crippen LogP contribution in [0.25, 0.3) is 0 Å². The lowest BCUT2D eigenvalue weighted by molar-refractivity contribution is -0.142. The van der Waals surface area contributed by atoms with Crippen molar-refractivity contribution in [1.82, 2.24) is 9.80 Å². The van der Waals surface area contributed by atoms with Crippen molar-refractivity contribution in [2.24, 2.45) is 0 Å². The van der Waals surface area contributed by atoms with Crippen molar-refractivity contribution in [2.75, 3.05) is 26.7 Å². The molecule has 1 aromatic rings. The van der Waals surface area contributed by atoms with Crippen LogP contribution in [0.15, 0.2) is 18.2 Å². The van der Waals surface area contributed by atoms with Gasteiger partial charge in [0.05, 0.1) is 13.7 Å². The van der Waals surface area contributed by atoms with Gasteiger partial charge >= 0.3 is 12.1 Å². The third-order valence-corrected chi connectivity index (χ3v) is 4.29. The number of methoxy groups -OCH3 is 1. The average Bonchev–Trinajstić information content (AvgIpc) is 2.99. The number of amides is 1. The molecule has 1 aliphatic rings. The van der Waals surface area contributed by atoms with Crippen LogP contribution < -0.4 is 0 Å². The van der Waals surface area contributed by atoms with Crippen LogP contribution in [0.3, 0.4) is 0 Å². The largest absolute Gasteiger partial charge is 0.468 e. The van der Waals surface area contributed by atoms with E-state index < -0.39 is 17.9 Å². The molecule has 8 heteroatoms. The van der Waals surface area contributed by atoms with Crippen molar-refractivity contribution < 1.29 is 23.8 Å². The molecule has 1 amide bonds. The molecule has 0 bridgehead atoms. The summed E-state index contributed by atoms with van der Waals surface area (Å²) in [4.78, 5) is 25.7. The van der Waals surface area contributed by atoms with Gasteiger partial charge in [-0.3, -0.25) is 9.69 Å². The molecule has 0 radical (unpaired) electrons. The van der Waals surface area contributed by atoms with Gasteiger partial charge in [-0.15, -0.1) is 0 Å². The quantitative estimate of drug-likeness (QED) is 0.829. The Labute approximate surface area is 138 Å². The lowest BCUT2D eigenvalue weighted by atomic mass is 10.1. The molecule has 0 aliphatic carbocycles. The number of hydrogen-bond acceptors (Lipinski definition) is 4. The number of esters is 1. The van der Waals surface area contributed by atoms with E-state index in [2.05, 4.69) is 4.74 Å². The topological polar surface area (TPSA) is 70.1 Å². The van der Waals surface area contributed by atoms with Gasteiger partial charge in [-0.25, -0.2) is 9.18 Å². The first kappa shape index (κ1) is 17.5. The number of carboxylic acid groups (broad SMARTS) is 1. The molecule has 126 valence electrons. The van der Waals surface area contributed by atoms with Gasteiger partial charge in [-0.2, -0.15) is 0 Å². The Morgan fingerprint density at radius 2 is 2.26 bits per heavy atom. The first-order valence-electron chi connectivity index (χ1n) is 7.14. The number of carbonyl (C=O) groups is 2. The first-order chi connectivity index (χ1) is 10.9. The third-order valence-electron chi connectivity index (χ3n) is 3.93. The Hall–Kier alpha value is -1.86. The van der Waals surface area contributed by atoms with E-state index in [-0.39, 0.29) is 36.3 Å². The Kier molecular flexibility index (Phi) is 5.79. The van der Waals surface area contributed by atoms with Crippen LogP contribution in [-0.4, -0.2) is 59.8 Å². The zero-order valence-corrected chi connectivity index (χ0v) is 13.4.